The lowest BCUT2D eigenvalue weighted by Gasteiger charge is -2.88. The van der Waals surface area contributed by atoms with Crippen LogP contribution in [0.2, 0.25) is 10.0 Å². The second-order valence-corrected chi connectivity index (χ2v) is 33.2. The van der Waals surface area contributed by atoms with Gasteiger partial charge in [-0.05, 0) is 205 Å². The van der Waals surface area contributed by atoms with Gasteiger partial charge in [0.25, 0.3) is 0 Å². The minimum absolute atomic E-state index is 0.0539. The number of anilines is 1. The Kier molecular flexibility index (Phi) is 23.6. The van der Waals surface area contributed by atoms with Crippen LogP contribution in [0.15, 0.2) is 103 Å². The molecule has 5 aliphatic carbocycles. The van der Waals surface area contributed by atoms with E-state index < -0.39 is 174 Å². The second kappa shape index (κ2) is 33.6. The van der Waals surface area contributed by atoms with E-state index in [1.165, 1.54) is 61.6 Å². The number of urea groups is 1. The quantitative estimate of drug-likeness (QED) is 0.0550. The normalized spacial score (nSPS) is 28.9. The van der Waals surface area contributed by atoms with Gasteiger partial charge in [-0.1, -0.05) is 73.4 Å². The van der Waals surface area contributed by atoms with E-state index >= 15 is 19.2 Å². The van der Waals surface area contributed by atoms with Gasteiger partial charge in [0.05, 0.1) is 35.7 Å². The molecule has 6 aliphatic heterocycles. The SMILES string of the molecule is CNC(CC(C)C)C(=O)NC1C(=O)NC(CC(=O)NC(=O)Nc2ccc(CCCN3CCOCC3)cc2)C(=O)NC2C(=O)NC(C(N)=O)c3ccc4c(c3)-c3c(cc(O)cc3C4(O)O)C(C(=O)NC3C4CC5CC6CC3C564)NC(=O)CCc3ccc(c(Cl)c3)Oc3cc2cc(c3OC2OC(CN)C(O)C(O)C2O)Oc2ccc(cc2Cl)C1O. The summed E-state index contributed by atoms with van der Waals surface area (Å²) >= 11 is 14.3. The molecule has 33 nitrogen and oxygen atoms in total. The summed E-state index contributed by atoms with van der Waals surface area (Å²) in [5.41, 5.74) is 12.5. The first kappa shape index (κ1) is 83.0. The van der Waals surface area contributed by atoms with Gasteiger partial charge in [-0.25, -0.2) is 4.79 Å². The van der Waals surface area contributed by atoms with E-state index in [0.29, 0.717) is 37.0 Å². The lowest BCUT2D eigenvalue weighted by atomic mass is 9.17. The van der Waals surface area contributed by atoms with Crippen molar-refractivity contribution in [1.29, 1.82) is 0 Å². The average molecular weight is 1670 g/mol. The van der Waals surface area contributed by atoms with Crippen molar-refractivity contribution in [3.8, 4) is 45.6 Å². The molecule has 6 aromatic carbocycles. The molecule has 16 unspecified atom stereocenters. The number of nitrogens with two attached hydrogens (primary N) is 2. The third-order valence-electron chi connectivity index (χ3n) is 24.8. The number of phenolic OH excluding ortho intramolecular Hbond substituents is 1. The van der Waals surface area contributed by atoms with Crippen LogP contribution in [0.1, 0.15) is 128 Å². The van der Waals surface area contributed by atoms with Crippen molar-refractivity contribution in [1.82, 2.24) is 47.4 Å². The van der Waals surface area contributed by atoms with Crippen LogP contribution in [0.4, 0.5) is 10.5 Å². The van der Waals surface area contributed by atoms with Crippen LogP contribution in [0, 0.1) is 35.0 Å². The first-order valence-electron chi connectivity index (χ1n) is 39.5. The van der Waals surface area contributed by atoms with Crippen molar-refractivity contribution in [3.63, 3.8) is 0 Å². The largest absolute Gasteiger partial charge is 0.508 e. The Morgan fingerprint density at radius 1 is 0.712 bits per heavy atom. The van der Waals surface area contributed by atoms with Crippen molar-refractivity contribution in [2.24, 2.45) is 46.5 Å². The molecular formula is C83H94Cl2N12O21. The molecule has 0 radical (unpaired) electrons. The van der Waals surface area contributed by atoms with E-state index in [1.807, 2.05) is 13.8 Å². The molecule has 6 aromatic rings. The molecule has 6 fully saturated rings. The third-order valence-corrected chi connectivity index (χ3v) is 25.3. The molecule has 9 bridgehead atoms. The molecule has 17 rings (SSSR count). The monoisotopic (exact) mass is 1660 g/mol. The number of imide groups is 1. The van der Waals surface area contributed by atoms with Gasteiger partial charge in [-0.3, -0.25) is 48.6 Å². The van der Waals surface area contributed by atoms with Crippen molar-refractivity contribution in [3.05, 3.63) is 158 Å². The van der Waals surface area contributed by atoms with Crippen molar-refractivity contribution in [2.75, 3.05) is 51.8 Å². The van der Waals surface area contributed by atoms with Gasteiger partial charge in [0.2, 0.25) is 65.1 Å². The van der Waals surface area contributed by atoms with Crippen molar-refractivity contribution < 1.29 is 103 Å². The number of aryl methyl sites for hydroxylation is 2. The van der Waals surface area contributed by atoms with Crippen LogP contribution < -0.4 is 73.5 Å². The van der Waals surface area contributed by atoms with Gasteiger partial charge in [-0.15, -0.1) is 0 Å². The van der Waals surface area contributed by atoms with Gasteiger partial charge in [0.1, 0.15) is 78.0 Å². The maximum Gasteiger partial charge on any atom is 0.325 e. The number of carbonyl (C=O) groups is 9. The minimum atomic E-state index is -2.95. The molecule has 4 saturated carbocycles. The van der Waals surface area contributed by atoms with Crippen LogP contribution in [-0.4, -0.2) is 195 Å². The average Bonchev–Trinajstić information content (AvgIpc) is 0.681. The molecule has 16 atom stereocenters. The van der Waals surface area contributed by atoms with E-state index in [1.54, 1.807) is 24.3 Å². The molecular weight excluding hydrogens is 1570 g/mol. The first-order valence-corrected chi connectivity index (χ1v) is 40.3. The first-order chi connectivity index (χ1) is 56.4. The number of aromatic hydroxyl groups is 1. The number of benzene rings is 6. The smallest absolute Gasteiger partial charge is 0.325 e. The highest BCUT2D eigenvalue weighted by Crippen LogP contribution is 2.87. The molecule has 1 spiro atoms. The third kappa shape index (κ3) is 16.0. The zero-order valence-electron chi connectivity index (χ0n) is 64.5. The van der Waals surface area contributed by atoms with Gasteiger partial charge in [-0.2, -0.15) is 0 Å². The number of halogens is 2. The Morgan fingerprint density at radius 2 is 1.40 bits per heavy atom. The Balaban J connectivity index is 0.854. The molecule has 20 N–H and O–H groups in total. The highest BCUT2D eigenvalue weighted by atomic mass is 35.5. The number of amides is 10. The number of primary amides is 1. The summed E-state index contributed by atoms with van der Waals surface area (Å²) in [4.78, 5) is 137. The lowest BCUT2D eigenvalue weighted by molar-refractivity contribution is -0.390. The molecule has 2 saturated heterocycles. The van der Waals surface area contributed by atoms with Gasteiger partial charge < -0.3 is 113 Å². The number of hydrogen-bond donors (Lipinski definition) is 18. The summed E-state index contributed by atoms with van der Waals surface area (Å²) in [6.07, 6.45) is -8.08. The molecule has 35 heteroatoms. The van der Waals surface area contributed by atoms with E-state index in [-0.39, 0.29) is 115 Å². The van der Waals surface area contributed by atoms with Gasteiger partial charge >= 0.3 is 6.03 Å². The standard InChI is InChI=1S/C83H94Cl2N12O21/c1-36(2)23-54(88-3)75(106)96-68-69(101)40-11-16-57(53(85)26-40)116-59-28-41-27-58(73(59)118-80-72(104)71(103)70(102)60(35-86)117-80)115-56-15-8-38(24-52(56)84)9-17-61(99)91-66(78(109)95-67-50-30-42-29-43-31-51(67)82(42,43)50)47-32-45(98)33-49-63(47)46-25-39(10-14-48(46)83(49,112)113)64(74(87)105)93-77(108)65(41)94-76(107)55(90-79(68)110)34-62(100)92-81(111)89-44-12-6-37(7-13-44)5-4-18-97-19-21-114-22-20-97/h6-8,10-16,24-28,32-33,36,42-43,50-51,54-55,60,64-72,80,88,98,101-104,112-113H,4-5,9,17-23,29-31,34-35,86H2,1-3H3,(H2,87,105)(H,90,110)(H,91,99)(H,93,108)(H,94,107)(H,95,109)(H,96,106)(H2,89,92,100,111). The van der Waals surface area contributed by atoms with Crippen LogP contribution in [0.25, 0.3) is 11.1 Å². The number of nitrogens with zero attached hydrogens (tertiary/aromatic N) is 1. The summed E-state index contributed by atoms with van der Waals surface area (Å²) in [6, 6.07) is 10.3. The Morgan fingerprint density at radius 3 is 2.05 bits per heavy atom. The summed E-state index contributed by atoms with van der Waals surface area (Å²) in [5, 5.41) is 106. The van der Waals surface area contributed by atoms with Gasteiger partial charge in [0.15, 0.2) is 11.5 Å². The topological polar surface area (TPSA) is 505 Å². The molecule has 0 aromatic heterocycles. The fourth-order valence-electron chi connectivity index (χ4n) is 18.8. The molecule has 11 aliphatic rings. The Hall–Kier alpha value is -10.1. The fraction of sp³-hybridized carbons (Fsp3) is 0.458. The number of ether oxygens (including phenoxy) is 5. The van der Waals surface area contributed by atoms with Crippen molar-refractivity contribution >= 4 is 82.2 Å². The summed E-state index contributed by atoms with van der Waals surface area (Å²) in [7, 11) is 1.49. The fourth-order valence-corrected chi connectivity index (χ4v) is 19.2. The number of rotatable bonds is 18. The number of carbonyl (C=O) groups excluding carboxylic acids is 9. The number of morpholine rings is 1. The molecule has 118 heavy (non-hydrogen) atoms. The van der Waals surface area contributed by atoms with E-state index in [0.717, 1.165) is 75.1 Å². The minimum Gasteiger partial charge on any atom is -0.508 e. The van der Waals surface area contributed by atoms with Gasteiger partial charge in [0, 0.05) is 48.9 Å². The zero-order valence-corrected chi connectivity index (χ0v) is 66.0. The second-order valence-electron chi connectivity index (χ2n) is 32.4. The molecule has 10 amide bonds. The summed E-state index contributed by atoms with van der Waals surface area (Å²) < 4.78 is 31.2. The van der Waals surface area contributed by atoms with Crippen LogP contribution in [0.5, 0.6) is 34.5 Å². The lowest BCUT2D eigenvalue weighted by Crippen LogP contribution is -2.88. The highest BCUT2D eigenvalue weighted by molar-refractivity contribution is 6.32. The Labute approximate surface area is 686 Å². The highest BCUT2D eigenvalue weighted by Gasteiger charge is 2.84. The van der Waals surface area contributed by atoms with Crippen LogP contribution >= 0.6 is 23.2 Å². The number of nitrogens with one attached hydrogen (secondary N) is 9. The number of likely N-dealkylation sites (N-methyl/N-ethyl adjacent to an activating group) is 1. The number of phenols is 1. The predicted molar refractivity (Wildman–Crippen MR) is 422 cm³/mol. The zero-order chi connectivity index (χ0) is 83.7. The maximum atomic E-state index is 16.2. The molecule has 6 heterocycles. The molecule has 626 valence electrons. The summed E-state index contributed by atoms with van der Waals surface area (Å²) in [6.45, 7) is 7.04. The van der Waals surface area contributed by atoms with E-state index in [9.17, 15) is 59.7 Å². The number of aliphatic hydroxyl groups is 6. The number of hydrogen-bond acceptors (Lipinski definition) is 24. The van der Waals surface area contributed by atoms with E-state index in [2.05, 4.69) is 52.8 Å². The summed E-state index contributed by atoms with van der Waals surface area (Å²) in [5.74, 6) is -13.0. The van der Waals surface area contributed by atoms with Crippen molar-refractivity contribution in [2.45, 2.75) is 157 Å². The predicted octanol–water partition coefficient (Wildman–Crippen LogP) is 3.01. The maximum absolute atomic E-state index is 16.2. The van der Waals surface area contributed by atoms with Crippen LogP contribution in [0.3, 0.4) is 0 Å². The van der Waals surface area contributed by atoms with Crippen LogP contribution in [-0.2, 0) is 66.5 Å². The number of fused-ring (bicyclic) bond motifs is 16. The number of aliphatic hydroxyl groups excluding tert-OH is 4. The van der Waals surface area contributed by atoms with E-state index in [4.69, 9.17) is 58.4 Å². The Bertz CT molecular complexity index is 4950.